The second kappa shape index (κ2) is 5.01. The average molecular weight is 264 g/mol. The summed E-state index contributed by atoms with van der Waals surface area (Å²) in [6.07, 6.45) is 1.25. The van der Waals surface area contributed by atoms with Crippen molar-refractivity contribution in [2.24, 2.45) is 0 Å². The van der Waals surface area contributed by atoms with Crippen molar-refractivity contribution < 1.29 is 18.7 Å². The normalized spacial score (nSPS) is 10.3. The topological polar surface area (TPSA) is 62.2 Å². The van der Waals surface area contributed by atoms with Crippen LogP contribution in [0.5, 0.6) is 0 Å². The van der Waals surface area contributed by atoms with Crippen LogP contribution < -0.4 is 5.32 Å². The summed E-state index contributed by atoms with van der Waals surface area (Å²) in [7, 11) is 0. The monoisotopic (exact) mass is 264 g/mol. The molecule has 2 N–H and O–H groups in total. The van der Waals surface area contributed by atoms with Crippen molar-refractivity contribution in [2.75, 3.05) is 5.32 Å². The number of carbonyl (C=O) groups is 1. The molecule has 6 heteroatoms. The van der Waals surface area contributed by atoms with E-state index >= 15 is 0 Å². The van der Waals surface area contributed by atoms with E-state index in [1.807, 2.05) is 0 Å². The van der Waals surface area contributed by atoms with E-state index < -0.39 is 17.6 Å². The summed E-state index contributed by atoms with van der Waals surface area (Å²) in [5.41, 5.74) is -0.0979. The Morgan fingerprint density at radius 2 is 2.05 bits per heavy atom. The maximum absolute atomic E-state index is 13.8. The number of halogens is 2. The van der Waals surface area contributed by atoms with Crippen molar-refractivity contribution in [3.05, 3.63) is 53.2 Å². The van der Waals surface area contributed by atoms with Crippen LogP contribution in [-0.2, 0) is 0 Å². The highest BCUT2D eigenvalue weighted by Crippen LogP contribution is 2.24. The molecule has 4 nitrogen and oxygen atoms in total. The lowest BCUT2D eigenvalue weighted by Gasteiger charge is -2.09. The Morgan fingerprint density at radius 1 is 1.32 bits per heavy atom. The first-order valence-electron chi connectivity index (χ1n) is 5.40. The summed E-state index contributed by atoms with van der Waals surface area (Å²) < 4.78 is 27.3. The number of carboxylic acids is 1. The van der Waals surface area contributed by atoms with Crippen LogP contribution >= 0.6 is 0 Å². The Morgan fingerprint density at radius 3 is 2.74 bits per heavy atom. The van der Waals surface area contributed by atoms with Crippen molar-refractivity contribution in [3.8, 4) is 0 Å². The van der Waals surface area contributed by atoms with Gasteiger partial charge in [0.15, 0.2) is 5.82 Å². The van der Waals surface area contributed by atoms with Gasteiger partial charge >= 0.3 is 5.97 Å². The fourth-order valence-corrected chi connectivity index (χ4v) is 1.53. The minimum atomic E-state index is -1.14. The van der Waals surface area contributed by atoms with E-state index in [2.05, 4.69) is 10.3 Å². The summed E-state index contributed by atoms with van der Waals surface area (Å²) in [6, 6.07) is 4.93. The highest BCUT2D eigenvalue weighted by atomic mass is 19.1. The molecule has 2 rings (SSSR count). The third kappa shape index (κ3) is 2.67. The number of rotatable bonds is 3. The van der Waals surface area contributed by atoms with Gasteiger partial charge in [-0.15, -0.1) is 0 Å². The largest absolute Gasteiger partial charge is 0.478 e. The second-order valence-corrected chi connectivity index (χ2v) is 3.91. The molecule has 19 heavy (non-hydrogen) atoms. The molecule has 1 aromatic heterocycles. The molecule has 0 bridgehead atoms. The molecular formula is C13H10F2N2O2. The van der Waals surface area contributed by atoms with E-state index in [0.29, 0.717) is 0 Å². The molecule has 0 amide bonds. The number of aromatic carboxylic acids is 1. The van der Waals surface area contributed by atoms with Crippen LogP contribution in [0.25, 0.3) is 0 Å². The van der Waals surface area contributed by atoms with E-state index in [4.69, 9.17) is 5.11 Å². The number of aromatic nitrogens is 1. The Balaban J connectivity index is 2.39. The van der Waals surface area contributed by atoms with E-state index in [0.717, 1.165) is 6.07 Å². The lowest BCUT2D eigenvalue weighted by Crippen LogP contribution is -2.03. The quantitative estimate of drug-likeness (QED) is 0.894. The van der Waals surface area contributed by atoms with Crippen LogP contribution in [0, 0.1) is 18.6 Å². The number of carboxylic acid groups (broad SMARTS) is 1. The molecule has 98 valence electrons. The van der Waals surface area contributed by atoms with Gasteiger partial charge in [0.1, 0.15) is 17.3 Å². The van der Waals surface area contributed by atoms with E-state index in [9.17, 15) is 13.6 Å². The second-order valence-electron chi connectivity index (χ2n) is 3.91. The Bertz CT molecular complexity index is 645. The van der Waals surface area contributed by atoms with E-state index in [1.54, 1.807) is 0 Å². The molecule has 0 saturated carbocycles. The van der Waals surface area contributed by atoms with Crippen molar-refractivity contribution in [3.63, 3.8) is 0 Å². The minimum absolute atomic E-state index is 0.0223. The first kappa shape index (κ1) is 12.9. The van der Waals surface area contributed by atoms with Crippen LogP contribution in [0.1, 0.15) is 15.9 Å². The molecule has 0 atom stereocenters. The van der Waals surface area contributed by atoms with Gasteiger partial charge in [-0.2, -0.15) is 0 Å². The molecule has 0 radical (unpaired) electrons. The molecule has 0 unspecified atom stereocenters. The van der Waals surface area contributed by atoms with Gasteiger partial charge in [0, 0.05) is 6.20 Å². The fraction of sp³-hybridized carbons (Fsp3) is 0.0769. The SMILES string of the molecule is Cc1ccc(F)c(Nc2cc(C(=O)O)ccn2)c1F. The number of nitrogens with zero attached hydrogens (tertiary/aromatic N) is 1. The van der Waals surface area contributed by atoms with Crippen LogP contribution in [0.2, 0.25) is 0 Å². The summed E-state index contributed by atoms with van der Waals surface area (Å²) in [4.78, 5) is 14.6. The molecule has 0 aliphatic heterocycles. The van der Waals surface area contributed by atoms with Gasteiger partial charge < -0.3 is 10.4 Å². The van der Waals surface area contributed by atoms with Gasteiger partial charge in [-0.1, -0.05) is 6.07 Å². The zero-order valence-corrected chi connectivity index (χ0v) is 9.95. The van der Waals surface area contributed by atoms with Crippen molar-refractivity contribution in [2.45, 2.75) is 6.92 Å². The number of pyridine rings is 1. The predicted octanol–water partition coefficient (Wildman–Crippen LogP) is 3.11. The minimum Gasteiger partial charge on any atom is -0.478 e. The Hall–Kier alpha value is -2.50. The lowest BCUT2D eigenvalue weighted by molar-refractivity contribution is 0.0697. The molecular weight excluding hydrogens is 254 g/mol. The zero-order chi connectivity index (χ0) is 14.0. The molecule has 0 aliphatic rings. The maximum atomic E-state index is 13.8. The van der Waals surface area contributed by atoms with Crippen LogP contribution in [-0.4, -0.2) is 16.1 Å². The number of aryl methyl sites for hydroxylation is 1. The molecule has 2 aromatic rings. The van der Waals surface area contributed by atoms with Crippen molar-refractivity contribution >= 4 is 17.5 Å². The highest BCUT2D eigenvalue weighted by Gasteiger charge is 2.13. The molecule has 0 aliphatic carbocycles. The summed E-state index contributed by atoms with van der Waals surface area (Å²) >= 11 is 0. The van der Waals surface area contributed by atoms with Crippen molar-refractivity contribution in [1.82, 2.24) is 4.98 Å². The molecule has 0 saturated heterocycles. The van der Waals surface area contributed by atoms with Gasteiger partial charge in [0.05, 0.1) is 5.56 Å². The number of nitrogens with one attached hydrogen (secondary N) is 1. The molecule has 1 aromatic carbocycles. The number of hydrogen-bond acceptors (Lipinski definition) is 3. The summed E-state index contributed by atoms with van der Waals surface area (Å²) in [6.45, 7) is 1.50. The number of hydrogen-bond donors (Lipinski definition) is 2. The summed E-state index contributed by atoms with van der Waals surface area (Å²) in [5.74, 6) is -2.59. The van der Waals surface area contributed by atoms with E-state index in [-0.39, 0.29) is 22.6 Å². The number of benzene rings is 1. The average Bonchev–Trinajstić information content (AvgIpc) is 2.39. The predicted molar refractivity (Wildman–Crippen MR) is 65.6 cm³/mol. The molecule has 0 spiro atoms. The van der Waals surface area contributed by atoms with E-state index in [1.165, 1.54) is 31.3 Å². The van der Waals surface area contributed by atoms with Gasteiger partial charge in [-0.25, -0.2) is 18.6 Å². The van der Waals surface area contributed by atoms with Gasteiger partial charge in [0.2, 0.25) is 0 Å². The third-order valence-electron chi connectivity index (χ3n) is 2.54. The van der Waals surface area contributed by atoms with Crippen molar-refractivity contribution in [1.29, 1.82) is 0 Å². The Labute approximate surface area is 107 Å². The first-order valence-corrected chi connectivity index (χ1v) is 5.40. The standard InChI is InChI=1S/C13H10F2N2O2/c1-7-2-3-9(14)12(11(7)15)17-10-6-8(13(18)19)4-5-16-10/h2-6H,1H3,(H,16,17)(H,18,19). The van der Waals surface area contributed by atoms with Crippen LogP contribution in [0.4, 0.5) is 20.3 Å². The van der Waals surface area contributed by atoms with Crippen LogP contribution in [0.15, 0.2) is 30.5 Å². The lowest BCUT2D eigenvalue weighted by atomic mass is 10.2. The summed E-state index contributed by atoms with van der Waals surface area (Å²) in [5, 5.41) is 11.3. The fourth-order valence-electron chi connectivity index (χ4n) is 1.53. The molecule has 1 heterocycles. The molecule has 0 fully saturated rings. The highest BCUT2D eigenvalue weighted by molar-refractivity contribution is 5.88. The van der Waals surface area contributed by atoms with Crippen LogP contribution in [0.3, 0.4) is 0 Å². The number of anilines is 2. The maximum Gasteiger partial charge on any atom is 0.335 e. The van der Waals surface area contributed by atoms with Gasteiger partial charge in [0.25, 0.3) is 0 Å². The first-order chi connectivity index (χ1) is 8.99. The van der Waals surface area contributed by atoms with Gasteiger partial charge in [-0.3, -0.25) is 0 Å². The smallest absolute Gasteiger partial charge is 0.335 e. The Kier molecular flexibility index (Phi) is 3.41. The van der Waals surface area contributed by atoms with Gasteiger partial charge in [-0.05, 0) is 30.7 Å². The zero-order valence-electron chi connectivity index (χ0n) is 9.95. The third-order valence-corrected chi connectivity index (χ3v) is 2.54.